The molecule has 1 aromatic carbocycles. The quantitative estimate of drug-likeness (QED) is 0.783. The van der Waals surface area contributed by atoms with Crippen LogP contribution in [0.4, 0.5) is 14.6 Å². The second-order valence-corrected chi connectivity index (χ2v) is 4.90. The molecule has 2 aromatic rings. The largest absolute Gasteiger partial charge is 0.382 e. The molecule has 0 spiro atoms. The number of H-pyrrole nitrogens is 1. The number of rotatable bonds is 6. The fourth-order valence-electron chi connectivity index (χ4n) is 2.30. The number of nitrogen functional groups attached to an aromatic ring is 1. The Balaban J connectivity index is 2.24. The molecule has 0 aliphatic heterocycles. The van der Waals surface area contributed by atoms with Gasteiger partial charge in [-0.25, -0.2) is 8.78 Å². The van der Waals surface area contributed by atoms with Crippen LogP contribution in [0.2, 0.25) is 0 Å². The number of nitrogens with zero attached hydrogens (tertiary/aromatic N) is 1. The number of benzene rings is 1. The van der Waals surface area contributed by atoms with E-state index in [-0.39, 0.29) is 5.82 Å². The topological polar surface area (TPSA) is 54.7 Å². The van der Waals surface area contributed by atoms with E-state index in [0.717, 1.165) is 37.4 Å². The summed E-state index contributed by atoms with van der Waals surface area (Å²) in [5.74, 6) is -0.966. The van der Waals surface area contributed by atoms with E-state index < -0.39 is 11.6 Å². The van der Waals surface area contributed by atoms with Gasteiger partial charge >= 0.3 is 0 Å². The van der Waals surface area contributed by atoms with Gasteiger partial charge in [-0.1, -0.05) is 26.2 Å². The Bertz CT molecular complexity index is 578. The lowest BCUT2D eigenvalue weighted by molar-refractivity contribution is 0.585. The van der Waals surface area contributed by atoms with Crippen molar-refractivity contribution in [2.75, 3.05) is 5.73 Å². The van der Waals surface area contributed by atoms with Gasteiger partial charge in [0.2, 0.25) is 0 Å². The van der Waals surface area contributed by atoms with Gasteiger partial charge in [0.25, 0.3) is 0 Å². The molecule has 0 aliphatic rings. The van der Waals surface area contributed by atoms with Gasteiger partial charge in [-0.15, -0.1) is 0 Å². The number of aromatic nitrogens is 2. The zero-order valence-electron chi connectivity index (χ0n) is 11.5. The summed E-state index contributed by atoms with van der Waals surface area (Å²) in [5, 5.41) is 6.80. The van der Waals surface area contributed by atoms with E-state index in [1.807, 2.05) is 0 Å². The second kappa shape index (κ2) is 6.50. The fraction of sp³-hybridized carbons (Fsp3) is 0.400. The minimum absolute atomic E-state index is 0.251. The molecule has 0 fully saturated rings. The number of aromatic amines is 1. The molecule has 5 heteroatoms. The third kappa shape index (κ3) is 3.15. The summed E-state index contributed by atoms with van der Waals surface area (Å²) < 4.78 is 26.9. The van der Waals surface area contributed by atoms with Crippen molar-refractivity contribution >= 4 is 5.82 Å². The monoisotopic (exact) mass is 279 g/mol. The van der Waals surface area contributed by atoms with Crippen LogP contribution in [-0.4, -0.2) is 10.2 Å². The molecule has 0 radical (unpaired) electrons. The van der Waals surface area contributed by atoms with E-state index in [4.69, 9.17) is 5.73 Å². The maximum absolute atomic E-state index is 13.9. The van der Waals surface area contributed by atoms with E-state index in [1.54, 1.807) is 0 Å². The third-order valence-electron chi connectivity index (χ3n) is 3.35. The summed E-state index contributed by atoms with van der Waals surface area (Å²) in [6, 6.07) is 3.50. The maximum Gasteiger partial charge on any atom is 0.153 e. The highest BCUT2D eigenvalue weighted by Crippen LogP contribution is 2.31. The second-order valence-electron chi connectivity index (χ2n) is 4.90. The number of aryl methyl sites for hydroxylation is 1. The fourth-order valence-corrected chi connectivity index (χ4v) is 2.30. The lowest BCUT2D eigenvalue weighted by Crippen LogP contribution is -1.95. The average Bonchev–Trinajstić information content (AvgIpc) is 2.76. The Labute approximate surface area is 117 Å². The molecule has 0 aliphatic carbocycles. The molecule has 0 atom stereocenters. The summed E-state index contributed by atoms with van der Waals surface area (Å²) in [4.78, 5) is 0. The predicted molar refractivity (Wildman–Crippen MR) is 76.2 cm³/mol. The molecule has 108 valence electrons. The Hall–Kier alpha value is -1.91. The molecule has 1 heterocycles. The minimum Gasteiger partial charge on any atom is -0.382 e. The average molecular weight is 279 g/mol. The summed E-state index contributed by atoms with van der Waals surface area (Å²) in [5.41, 5.74) is 7.47. The van der Waals surface area contributed by atoms with Crippen molar-refractivity contribution in [3.8, 4) is 11.1 Å². The van der Waals surface area contributed by atoms with Crippen molar-refractivity contribution in [1.29, 1.82) is 0 Å². The van der Waals surface area contributed by atoms with Crippen molar-refractivity contribution in [3.05, 3.63) is 35.5 Å². The maximum atomic E-state index is 13.9. The summed E-state index contributed by atoms with van der Waals surface area (Å²) in [7, 11) is 0. The summed E-state index contributed by atoms with van der Waals surface area (Å²) in [6.07, 6.45) is 5.19. The number of unbranched alkanes of at least 4 members (excludes halogenated alkanes) is 3. The lowest BCUT2D eigenvalue weighted by Gasteiger charge is -2.06. The molecule has 0 amide bonds. The van der Waals surface area contributed by atoms with Crippen LogP contribution >= 0.6 is 0 Å². The molecule has 20 heavy (non-hydrogen) atoms. The van der Waals surface area contributed by atoms with Crippen LogP contribution in [0.3, 0.4) is 0 Å². The molecular weight excluding hydrogens is 260 g/mol. The number of hydrogen-bond donors (Lipinski definition) is 2. The minimum atomic E-state index is -0.618. The summed E-state index contributed by atoms with van der Waals surface area (Å²) >= 11 is 0. The lowest BCUT2D eigenvalue weighted by atomic mass is 10.0. The number of anilines is 1. The van der Waals surface area contributed by atoms with Crippen LogP contribution in [-0.2, 0) is 6.42 Å². The van der Waals surface area contributed by atoms with Crippen molar-refractivity contribution < 1.29 is 8.78 Å². The van der Waals surface area contributed by atoms with Gasteiger partial charge in [-0.05, 0) is 25.0 Å². The number of hydrogen-bond acceptors (Lipinski definition) is 2. The van der Waals surface area contributed by atoms with Gasteiger partial charge < -0.3 is 5.73 Å². The van der Waals surface area contributed by atoms with E-state index >= 15 is 0 Å². The van der Waals surface area contributed by atoms with Crippen LogP contribution in [0.15, 0.2) is 18.2 Å². The Morgan fingerprint density at radius 1 is 1.20 bits per heavy atom. The SMILES string of the molecule is CCCCCCc1[nH]nc(N)c1-c1ccc(F)cc1F. The van der Waals surface area contributed by atoms with Gasteiger partial charge in [0.1, 0.15) is 11.6 Å². The third-order valence-corrected chi connectivity index (χ3v) is 3.35. The molecule has 1 aromatic heterocycles. The highest BCUT2D eigenvalue weighted by molar-refractivity contribution is 5.76. The van der Waals surface area contributed by atoms with Crippen molar-refractivity contribution in [2.45, 2.75) is 39.0 Å². The van der Waals surface area contributed by atoms with E-state index in [9.17, 15) is 8.78 Å². The van der Waals surface area contributed by atoms with Crippen LogP contribution < -0.4 is 5.73 Å². The van der Waals surface area contributed by atoms with Gasteiger partial charge in [0.15, 0.2) is 5.82 Å². The van der Waals surface area contributed by atoms with Crippen LogP contribution in [0.25, 0.3) is 11.1 Å². The molecule has 0 saturated carbocycles. The normalized spacial score (nSPS) is 10.9. The van der Waals surface area contributed by atoms with E-state index in [0.29, 0.717) is 11.1 Å². The number of halogens is 2. The Morgan fingerprint density at radius 3 is 2.70 bits per heavy atom. The standard InChI is InChI=1S/C15H19F2N3/c1-2-3-4-5-6-13-14(15(18)20-19-13)11-8-7-10(16)9-12(11)17/h7-9H,2-6H2,1H3,(H3,18,19,20). The number of nitrogens with two attached hydrogens (primary N) is 1. The summed E-state index contributed by atoms with van der Waals surface area (Å²) in [6.45, 7) is 2.15. The first-order valence-corrected chi connectivity index (χ1v) is 6.91. The van der Waals surface area contributed by atoms with E-state index in [2.05, 4.69) is 17.1 Å². The molecule has 0 unspecified atom stereocenters. The van der Waals surface area contributed by atoms with Crippen LogP contribution in [0.1, 0.15) is 38.3 Å². The van der Waals surface area contributed by atoms with Gasteiger partial charge in [0, 0.05) is 22.9 Å². The smallest absolute Gasteiger partial charge is 0.153 e. The zero-order valence-corrected chi connectivity index (χ0v) is 11.5. The first kappa shape index (κ1) is 14.5. The highest BCUT2D eigenvalue weighted by atomic mass is 19.1. The Morgan fingerprint density at radius 2 is 2.00 bits per heavy atom. The van der Waals surface area contributed by atoms with Gasteiger partial charge in [-0.2, -0.15) is 5.10 Å². The molecule has 0 saturated heterocycles. The first-order chi connectivity index (χ1) is 9.63. The van der Waals surface area contributed by atoms with Crippen LogP contribution in [0, 0.1) is 11.6 Å². The molecular formula is C15H19F2N3. The highest BCUT2D eigenvalue weighted by Gasteiger charge is 2.16. The van der Waals surface area contributed by atoms with Crippen LogP contribution in [0.5, 0.6) is 0 Å². The zero-order chi connectivity index (χ0) is 14.5. The Kier molecular flexibility index (Phi) is 4.71. The van der Waals surface area contributed by atoms with Gasteiger partial charge in [0.05, 0.1) is 0 Å². The first-order valence-electron chi connectivity index (χ1n) is 6.91. The molecule has 3 N–H and O–H groups in total. The van der Waals surface area contributed by atoms with Crippen molar-refractivity contribution in [3.63, 3.8) is 0 Å². The van der Waals surface area contributed by atoms with Crippen molar-refractivity contribution in [1.82, 2.24) is 10.2 Å². The van der Waals surface area contributed by atoms with Gasteiger partial charge in [-0.3, -0.25) is 5.10 Å². The number of nitrogens with one attached hydrogen (secondary N) is 1. The molecule has 0 bridgehead atoms. The molecule has 2 rings (SSSR count). The predicted octanol–water partition coefficient (Wildman–Crippen LogP) is 4.06. The van der Waals surface area contributed by atoms with Crippen molar-refractivity contribution in [2.24, 2.45) is 0 Å². The molecule has 3 nitrogen and oxygen atoms in total. The van der Waals surface area contributed by atoms with E-state index in [1.165, 1.54) is 18.6 Å².